The van der Waals surface area contributed by atoms with E-state index < -0.39 is 0 Å². The van der Waals surface area contributed by atoms with Gasteiger partial charge in [0.25, 0.3) is 0 Å². The Labute approximate surface area is 120 Å². The highest BCUT2D eigenvalue weighted by molar-refractivity contribution is 4.88. The Balaban J connectivity index is 2.44. The third-order valence-electron chi connectivity index (χ3n) is 4.12. The normalized spacial score (nSPS) is 18.0. The lowest BCUT2D eigenvalue weighted by atomic mass is 9.91. The number of rotatable bonds is 11. The van der Waals surface area contributed by atoms with Crippen molar-refractivity contribution in [2.24, 2.45) is 11.3 Å². The maximum atomic E-state index is 5.28. The van der Waals surface area contributed by atoms with E-state index in [1.165, 1.54) is 19.3 Å². The molecule has 3 heteroatoms. The Bertz CT molecular complexity index is 239. The van der Waals surface area contributed by atoms with Crippen LogP contribution in [0.15, 0.2) is 0 Å². The maximum Gasteiger partial charge on any atom is 0.0589 e. The fraction of sp³-hybridized carbons (Fsp3) is 1.00. The molecule has 3 nitrogen and oxygen atoms in total. The Morgan fingerprint density at radius 3 is 2.58 bits per heavy atom. The van der Waals surface area contributed by atoms with Crippen LogP contribution in [0, 0.1) is 11.3 Å². The van der Waals surface area contributed by atoms with Gasteiger partial charge in [0.2, 0.25) is 0 Å². The van der Waals surface area contributed by atoms with Crippen LogP contribution in [0.3, 0.4) is 0 Å². The summed E-state index contributed by atoms with van der Waals surface area (Å²) in [5.74, 6) is 0.927. The number of nitrogens with one attached hydrogen (secondary N) is 1. The molecule has 0 heterocycles. The summed E-state index contributed by atoms with van der Waals surface area (Å²) in [5, 5.41) is 3.56. The van der Waals surface area contributed by atoms with Crippen molar-refractivity contribution in [3.63, 3.8) is 0 Å². The van der Waals surface area contributed by atoms with Crippen molar-refractivity contribution >= 4 is 0 Å². The highest BCUT2D eigenvalue weighted by Gasteiger charge is 2.34. The smallest absolute Gasteiger partial charge is 0.0589 e. The van der Waals surface area contributed by atoms with E-state index in [-0.39, 0.29) is 0 Å². The maximum absolute atomic E-state index is 5.28. The van der Waals surface area contributed by atoms with Gasteiger partial charge in [0.05, 0.1) is 6.61 Å². The zero-order valence-electron chi connectivity index (χ0n) is 13.7. The van der Waals surface area contributed by atoms with E-state index in [9.17, 15) is 0 Å². The van der Waals surface area contributed by atoms with Crippen molar-refractivity contribution in [2.45, 2.75) is 53.0 Å². The molecule has 0 saturated heterocycles. The number of hydrogen-bond acceptors (Lipinski definition) is 3. The summed E-state index contributed by atoms with van der Waals surface area (Å²) >= 11 is 0. The van der Waals surface area contributed by atoms with Gasteiger partial charge in [0, 0.05) is 32.8 Å². The molecule has 0 radical (unpaired) electrons. The van der Waals surface area contributed by atoms with Gasteiger partial charge < -0.3 is 10.1 Å². The molecule has 0 bridgehead atoms. The van der Waals surface area contributed by atoms with Crippen molar-refractivity contribution in [3.05, 3.63) is 0 Å². The molecule has 1 N–H and O–H groups in total. The summed E-state index contributed by atoms with van der Waals surface area (Å²) in [4.78, 5) is 2.63. The van der Waals surface area contributed by atoms with Crippen LogP contribution in [0.1, 0.15) is 47.0 Å². The van der Waals surface area contributed by atoms with Crippen LogP contribution in [0.25, 0.3) is 0 Å². The topological polar surface area (TPSA) is 24.5 Å². The van der Waals surface area contributed by atoms with Crippen LogP contribution in [0.4, 0.5) is 0 Å². The number of methoxy groups -OCH3 is 1. The molecule has 1 fully saturated rings. The number of hydrogen-bond donors (Lipinski definition) is 1. The van der Waals surface area contributed by atoms with Gasteiger partial charge >= 0.3 is 0 Å². The second kappa shape index (κ2) is 8.23. The van der Waals surface area contributed by atoms with E-state index in [1.807, 2.05) is 0 Å². The first kappa shape index (κ1) is 16.9. The van der Waals surface area contributed by atoms with Crippen LogP contribution >= 0.6 is 0 Å². The summed E-state index contributed by atoms with van der Waals surface area (Å²) < 4.78 is 5.28. The van der Waals surface area contributed by atoms with E-state index in [0.717, 1.165) is 38.7 Å². The largest absolute Gasteiger partial charge is 0.383 e. The molecule has 0 aromatic heterocycles. The molecular weight excluding hydrogens is 236 g/mol. The predicted molar refractivity (Wildman–Crippen MR) is 82.6 cm³/mol. The van der Waals surface area contributed by atoms with E-state index in [4.69, 9.17) is 4.74 Å². The van der Waals surface area contributed by atoms with Gasteiger partial charge in [-0.3, -0.25) is 4.90 Å². The molecule has 0 aliphatic heterocycles. The van der Waals surface area contributed by atoms with Crippen LogP contribution < -0.4 is 5.32 Å². The number of ether oxygens (including phenoxy) is 1. The van der Waals surface area contributed by atoms with E-state index in [2.05, 4.69) is 37.9 Å². The predicted octanol–water partition coefficient (Wildman–Crippen LogP) is 2.76. The van der Waals surface area contributed by atoms with Crippen LogP contribution in [-0.4, -0.2) is 50.8 Å². The summed E-state index contributed by atoms with van der Waals surface area (Å²) in [7, 11) is 1.80. The lowest BCUT2D eigenvalue weighted by Gasteiger charge is -2.36. The summed E-state index contributed by atoms with van der Waals surface area (Å²) in [6.07, 6.45) is 4.04. The first-order valence-electron chi connectivity index (χ1n) is 7.94. The van der Waals surface area contributed by atoms with Gasteiger partial charge in [-0.25, -0.2) is 0 Å². The third-order valence-corrected chi connectivity index (χ3v) is 4.12. The Hall–Kier alpha value is -0.120. The zero-order valence-corrected chi connectivity index (χ0v) is 13.7. The lowest BCUT2D eigenvalue weighted by Crippen LogP contribution is -2.46. The molecule has 1 saturated carbocycles. The third kappa shape index (κ3) is 6.73. The minimum atomic E-state index is 0.325. The molecule has 1 aliphatic rings. The van der Waals surface area contributed by atoms with E-state index in [0.29, 0.717) is 11.5 Å². The Morgan fingerprint density at radius 1 is 1.37 bits per heavy atom. The second-order valence-corrected chi connectivity index (χ2v) is 6.88. The van der Waals surface area contributed by atoms with Crippen LogP contribution in [0.5, 0.6) is 0 Å². The molecule has 0 aromatic carbocycles. The summed E-state index contributed by atoms with van der Waals surface area (Å²) in [6.45, 7) is 14.6. The van der Waals surface area contributed by atoms with E-state index >= 15 is 0 Å². The van der Waals surface area contributed by atoms with Crippen molar-refractivity contribution in [2.75, 3.05) is 39.9 Å². The minimum Gasteiger partial charge on any atom is -0.383 e. The van der Waals surface area contributed by atoms with Crippen LogP contribution in [0.2, 0.25) is 0 Å². The molecule has 0 aromatic rings. The molecule has 1 unspecified atom stereocenters. The minimum absolute atomic E-state index is 0.325. The monoisotopic (exact) mass is 270 g/mol. The first-order valence-corrected chi connectivity index (χ1v) is 7.94. The molecule has 19 heavy (non-hydrogen) atoms. The molecular formula is C16H34N2O. The van der Waals surface area contributed by atoms with Crippen molar-refractivity contribution in [3.8, 4) is 0 Å². The van der Waals surface area contributed by atoms with E-state index in [1.54, 1.807) is 7.11 Å². The van der Waals surface area contributed by atoms with Gasteiger partial charge in [-0.05, 0) is 44.1 Å². The molecule has 1 rings (SSSR count). The highest BCUT2D eigenvalue weighted by atomic mass is 16.5. The molecule has 114 valence electrons. The summed E-state index contributed by atoms with van der Waals surface area (Å²) in [6, 6.07) is 0.709. The SMILES string of the molecule is CCCNCC(C)(C)CN(CCOC)C(C)C1CC1. The highest BCUT2D eigenvalue weighted by Crippen LogP contribution is 2.36. The van der Waals surface area contributed by atoms with Crippen LogP contribution in [-0.2, 0) is 4.74 Å². The van der Waals surface area contributed by atoms with Crippen molar-refractivity contribution in [1.82, 2.24) is 10.2 Å². The van der Waals surface area contributed by atoms with Crippen molar-refractivity contribution in [1.29, 1.82) is 0 Å². The summed E-state index contributed by atoms with van der Waals surface area (Å²) in [5.41, 5.74) is 0.325. The standard InChI is InChI=1S/C16H34N2O/c1-6-9-17-12-16(3,4)13-18(10-11-19-5)14(2)15-7-8-15/h14-15,17H,6-13H2,1-5H3. The van der Waals surface area contributed by atoms with Gasteiger partial charge in [0.15, 0.2) is 0 Å². The lowest BCUT2D eigenvalue weighted by molar-refractivity contribution is 0.0831. The average molecular weight is 270 g/mol. The quantitative estimate of drug-likeness (QED) is 0.584. The van der Waals surface area contributed by atoms with Gasteiger partial charge in [-0.1, -0.05) is 20.8 Å². The molecule has 0 amide bonds. The number of nitrogens with zero attached hydrogens (tertiary/aromatic N) is 1. The molecule has 1 aliphatic carbocycles. The van der Waals surface area contributed by atoms with Crippen molar-refractivity contribution < 1.29 is 4.74 Å². The van der Waals surface area contributed by atoms with Gasteiger partial charge in [0.1, 0.15) is 0 Å². The average Bonchev–Trinajstić information content (AvgIpc) is 3.18. The second-order valence-electron chi connectivity index (χ2n) is 6.88. The molecule has 1 atom stereocenters. The molecule has 0 spiro atoms. The zero-order chi connectivity index (χ0) is 14.3. The van der Waals surface area contributed by atoms with Gasteiger partial charge in [-0.2, -0.15) is 0 Å². The fourth-order valence-corrected chi connectivity index (χ4v) is 2.72. The Morgan fingerprint density at radius 2 is 2.05 bits per heavy atom. The van der Waals surface area contributed by atoms with Gasteiger partial charge in [-0.15, -0.1) is 0 Å². The Kier molecular flexibility index (Phi) is 7.33. The first-order chi connectivity index (χ1) is 9.00. The fourth-order valence-electron chi connectivity index (χ4n) is 2.72.